The third-order valence-electron chi connectivity index (χ3n) is 4.23. The molecule has 31 heavy (non-hydrogen) atoms. The molecule has 2 N–H and O–H groups in total. The van der Waals surface area contributed by atoms with Gasteiger partial charge in [-0.05, 0) is 54.6 Å². The van der Waals surface area contributed by atoms with E-state index in [-0.39, 0.29) is 6.42 Å². The summed E-state index contributed by atoms with van der Waals surface area (Å²) in [4.78, 5) is 16.6. The van der Waals surface area contributed by atoms with Gasteiger partial charge in [0.1, 0.15) is 11.5 Å². The maximum absolute atomic E-state index is 11.4. The quantitative estimate of drug-likeness (QED) is 0.296. The van der Waals surface area contributed by atoms with Crippen LogP contribution in [0.2, 0.25) is 10.0 Å². The molecule has 0 saturated heterocycles. The number of thiazole rings is 1. The molecule has 0 spiro atoms. The number of hydrogen-bond donors (Lipinski definition) is 2. The summed E-state index contributed by atoms with van der Waals surface area (Å²) < 4.78 is 5.82. The zero-order valence-corrected chi connectivity index (χ0v) is 18.3. The maximum Gasteiger partial charge on any atom is 0.308 e. The molecule has 0 atom stereocenters. The number of carboxylic acids is 1. The molecule has 0 aliphatic rings. The molecule has 0 aliphatic heterocycles. The average Bonchev–Trinajstić information content (AvgIpc) is 3.10. The SMILES string of the molecule is O=C(O)Cc1sc(Nc2cc(Cl)cc(Cl)c2)nc1-c1ccc(Oc2ccccc2)cc1. The molecule has 3 aromatic carbocycles. The Balaban J connectivity index is 1.61. The third kappa shape index (κ3) is 5.55. The summed E-state index contributed by atoms with van der Waals surface area (Å²) in [5.74, 6) is 0.491. The second-order valence-electron chi connectivity index (χ2n) is 6.58. The smallest absolute Gasteiger partial charge is 0.308 e. The molecule has 0 aliphatic carbocycles. The van der Waals surface area contributed by atoms with Crippen LogP contribution in [-0.2, 0) is 11.2 Å². The zero-order valence-electron chi connectivity index (χ0n) is 16.0. The standard InChI is InChI=1S/C23H16Cl2N2O3S/c24-15-10-16(25)12-17(11-15)26-23-27-22(20(31-23)13-21(28)29)14-6-8-19(9-7-14)30-18-4-2-1-3-5-18/h1-12H,13H2,(H,26,27)(H,28,29). The molecule has 8 heteroatoms. The highest BCUT2D eigenvalue weighted by Crippen LogP contribution is 2.35. The Morgan fingerprint density at radius 2 is 1.61 bits per heavy atom. The lowest BCUT2D eigenvalue weighted by molar-refractivity contribution is -0.136. The molecule has 0 radical (unpaired) electrons. The first-order valence-electron chi connectivity index (χ1n) is 9.24. The molecule has 4 aromatic rings. The lowest BCUT2D eigenvalue weighted by Gasteiger charge is -2.06. The summed E-state index contributed by atoms with van der Waals surface area (Å²) in [5.41, 5.74) is 2.07. The summed E-state index contributed by atoms with van der Waals surface area (Å²) in [5, 5.41) is 14.0. The van der Waals surface area contributed by atoms with E-state index in [1.807, 2.05) is 54.6 Å². The number of halogens is 2. The second-order valence-corrected chi connectivity index (χ2v) is 8.54. The number of nitrogens with one attached hydrogen (secondary N) is 1. The zero-order chi connectivity index (χ0) is 21.8. The maximum atomic E-state index is 11.4. The number of para-hydroxylation sites is 1. The average molecular weight is 471 g/mol. The van der Waals surface area contributed by atoms with Crippen LogP contribution in [0.15, 0.2) is 72.8 Å². The molecule has 0 fully saturated rings. The molecule has 0 bridgehead atoms. The van der Waals surface area contributed by atoms with Gasteiger partial charge in [-0.2, -0.15) is 0 Å². The predicted molar refractivity (Wildman–Crippen MR) is 125 cm³/mol. The number of benzene rings is 3. The van der Waals surface area contributed by atoms with Gasteiger partial charge in [-0.3, -0.25) is 4.79 Å². The molecule has 1 aromatic heterocycles. The van der Waals surface area contributed by atoms with E-state index in [0.717, 1.165) is 11.3 Å². The van der Waals surface area contributed by atoms with Gasteiger partial charge in [0, 0.05) is 26.2 Å². The molecule has 4 rings (SSSR count). The van der Waals surface area contributed by atoms with Crippen molar-refractivity contribution in [1.29, 1.82) is 0 Å². The van der Waals surface area contributed by atoms with Gasteiger partial charge in [-0.1, -0.05) is 41.4 Å². The van der Waals surface area contributed by atoms with Gasteiger partial charge in [0.25, 0.3) is 0 Å². The number of aromatic nitrogens is 1. The monoisotopic (exact) mass is 470 g/mol. The number of anilines is 2. The molecule has 1 heterocycles. The van der Waals surface area contributed by atoms with Gasteiger partial charge in [-0.25, -0.2) is 4.98 Å². The third-order valence-corrected chi connectivity index (χ3v) is 5.64. The van der Waals surface area contributed by atoms with Crippen molar-refractivity contribution in [3.8, 4) is 22.8 Å². The highest BCUT2D eigenvalue weighted by atomic mass is 35.5. The van der Waals surface area contributed by atoms with Crippen molar-refractivity contribution in [1.82, 2.24) is 4.98 Å². The van der Waals surface area contributed by atoms with Gasteiger partial charge in [-0.15, -0.1) is 11.3 Å². The van der Waals surface area contributed by atoms with Crippen LogP contribution in [0.5, 0.6) is 11.5 Å². The van der Waals surface area contributed by atoms with E-state index in [1.54, 1.807) is 18.2 Å². The van der Waals surface area contributed by atoms with Crippen molar-refractivity contribution in [2.75, 3.05) is 5.32 Å². The minimum absolute atomic E-state index is 0.132. The molecule has 0 unspecified atom stereocenters. The molecule has 0 amide bonds. The van der Waals surface area contributed by atoms with Crippen LogP contribution in [0.3, 0.4) is 0 Å². The topological polar surface area (TPSA) is 71.5 Å². The summed E-state index contributed by atoms with van der Waals surface area (Å²) in [6.45, 7) is 0. The Kier molecular flexibility index (Phi) is 6.42. The molecule has 156 valence electrons. The Hall–Kier alpha value is -3.06. The van der Waals surface area contributed by atoms with Crippen LogP contribution in [-0.4, -0.2) is 16.1 Å². The molecular formula is C23H16Cl2N2O3S. The van der Waals surface area contributed by atoms with E-state index in [4.69, 9.17) is 27.9 Å². The largest absolute Gasteiger partial charge is 0.481 e. The fourth-order valence-corrected chi connectivity index (χ4v) is 4.46. The Labute approximate surface area is 192 Å². The second kappa shape index (κ2) is 9.39. The van der Waals surface area contributed by atoms with E-state index < -0.39 is 5.97 Å². The molecule has 0 saturated carbocycles. The lowest BCUT2D eigenvalue weighted by Crippen LogP contribution is -1.99. The fourth-order valence-electron chi connectivity index (χ4n) is 2.94. The highest BCUT2D eigenvalue weighted by Gasteiger charge is 2.16. The number of nitrogens with zero attached hydrogens (tertiary/aromatic N) is 1. The summed E-state index contributed by atoms with van der Waals surface area (Å²) in [7, 11) is 0. The van der Waals surface area contributed by atoms with E-state index in [0.29, 0.717) is 37.2 Å². The first kappa shape index (κ1) is 21.2. The van der Waals surface area contributed by atoms with Crippen LogP contribution >= 0.6 is 34.5 Å². The van der Waals surface area contributed by atoms with Crippen LogP contribution in [0, 0.1) is 0 Å². The molecule has 5 nitrogen and oxygen atoms in total. The van der Waals surface area contributed by atoms with E-state index >= 15 is 0 Å². The van der Waals surface area contributed by atoms with E-state index in [2.05, 4.69) is 10.3 Å². The first-order valence-corrected chi connectivity index (χ1v) is 10.8. The molecular weight excluding hydrogens is 455 g/mol. The summed E-state index contributed by atoms with van der Waals surface area (Å²) >= 11 is 13.4. The van der Waals surface area contributed by atoms with Gasteiger partial charge in [0.15, 0.2) is 5.13 Å². The van der Waals surface area contributed by atoms with Crippen LogP contribution < -0.4 is 10.1 Å². The number of carbonyl (C=O) groups is 1. The number of hydrogen-bond acceptors (Lipinski definition) is 5. The van der Waals surface area contributed by atoms with Gasteiger partial charge in [0.2, 0.25) is 0 Å². The Bertz CT molecular complexity index is 1190. The van der Waals surface area contributed by atoms with Gasteiger partial charge < -0.3 is 15.2 Å². The minimum atomic E-state index is -0.925. The van der Waals surface area contributed by atoms with Crippen molar-refractivity contribution in [2.45, 2.75) is 6.42 Å². The minimum Gasteiger partial charge on any atom is -0.481 e. The van der Waals surface area contributed by atoms with Crippen molar-refractivity contribution in [2.24, 2.45) is 0 Å². The van der Waals surface area contributed by atoms with Gasteiger partial charge in [0.05, 0.1) is 12.1 Å². The Morgan fingerprint density at radius 1 is 0.968 bits per heavy atom. The number of rotatable bonds is 7. The van der Waals surface area contributed by atoms with Gasteiger partial charge >= 0.3 is 5.97 Å². The van der Waals surface area contributed by atoms with Crippen LogP contribution in [0.1, 0.15) is 4.88 Å². The number of ether oxygens (including phenoxy) is 1. The first-order chi connectivity index (χ1) is 15.0. The van der Waals surface area contributed by atoms with Crippen LogP contribution in [0.4, 0.5) is 10.8 Å². The lowest BCUT2D eigenvalue weighted by atomic mass is 10.1. The summed E-state index contributed by atoms with van der Waals surface area (Å²) in [6, 6.07) is 21.9. The highest BCUT2D eigenvalue weighted by molar-refractivity contribution is 7.16. The van der Waals surface area contributed by atoms with Crippen molar-refractivity contribution >= 4 is 51.3 Å². The van der Waals surface area contributed by atoms with Crippen molar-refractivity contribution < 1.29 is 14.6 Å². The van der Waals surface area contributed by atoms with E-state index in [9.17, 15) is 9.90 Å². The fraction of sp³-hybridized carbons (Fsp3) is 0.0435. The normalized spacial score (nSPS) is 10.6. The Morgan fingerprint density at radius 3 is 2.26 bits per heavy atom. The number of aliphatic carboxylic acids is 1. The van der Waals surface area contributed by atoms with Crippen molar-refractivity contribution in [3.63, 3.8) is 0 Å². The number of carboxylic acid groups (broad SMARTS) is 1. The van der Waals surface area contributed by atoms with Crippen LogP contribution in [0.25, 0.3) is 11.3 Å². The summed E-state index contributed by atoms with van der Waals surface area (Å²) in [6.07, 6.45) is -0.132. The van der Waals surface area contributed by atoms with Crippen molar-refractivity contribution in [3.05, 3.63) is 87.7 Å². The van der Waals surface area contributed by atoms with E-state index in [1.165, 1.54) is 11.3 Å². The predicted octanol–water partition coefficient (Wildman–Crippen LogP) is 7.28.